The van der Waals surface area contributed by atoms with Crippen molar-refractivity contribution >= 4 is 17.9 Å². The summed E-state index contributed by atoms with van der Waals surface area (Å²) in [5.74, 6) is -2.03. The predicted octanol–water partition coefficient (Wildman–Crippen LogP) is -0.120. The highest BCUT2D eigenvalue weighted by Crippen LogP contribution is 1.86. The number of unbranched alkanes of at least 4 members (excludes halogenated alkanes) is 1. The molecule has 3 N–H and O–H groups in total. The van der Waals surface area contributed by atoms with Crippen LogP contribution in [0.1, 0.15) is 12.8 Å². The van der Waals surface area contributed by atoms with Crippen LogP contribution in [0, 0.1) is 0 Å². The largest absolute Gasteiger partial charge is 0.478 e. The van der Waals surface area contributed by atoms with Gasteiger partial charge in [-0.15, -0.1) is 0 Å². The molecule has 0 aliphatic carbocycles. The van der Waals surface area contributed by atoms with Crippen LogP contribution in [0.15, 0.2) is 12.2 Å². The van der Waals surface area contributed by atoms with Crippen molar-refractivity contribution in [2.75, 3.05) is 20.3 Å². The molecular weight excluding hydrogens is 228 g/mol. The molecule has 0 aliphatic heterocycles. The molecule has 3 amide bonds. The van der Waals surface area contributed by atoms with E-state index in [0.29, 0.717) is 19.2 Å². The molecule has 0 radical (unpaired) electrons. The van der Waals surface area contributed by atoms with Crippen LogP contribution in [0.25, 0.3) is 0 Å². The Labute approximate surface area is 98.8 Å². The minimum atomic E-state index is -1.25. The van der Waals surface area contributed by atoms with Crippen molar-refractivity contribution in [2.24, 2.45) is 0 Å². The first-order chi connectivity index (χ1) is 8.06. The van der Waals surface area contributed by atoms with Crippen molar-refractivity contribution in [1.29, 1.82) is 0 Å². The smallest absolute Gasteiger partial charge is 0.328 e. The summed E-state index contributed by atoms with van der Waals surface area (Å²) in [4.78, 5) is 32.1. The lowest BCUT2D eigenvalue weighted by Gasteiger charge is -2.04. The number of carbonyl (C=O) groups excluding carboxylic acids is 2. The van der Waals surface area contributed by atoms with Crippen LogP contribution < -0.4 is 10.6 Å². The maximum absolute atomic E-state index is 11.1. The molecule has 0 fully saturated rings. The first kappa shape index (κ1) is 15.1. The van der Waals surface area contributed by atoms with E-state index in [1.807, 2.05) is 5.32 Å². The summed E-state index contributed by atoms with van der Waals surface area (Å²) < 4.78 is 4.82. The average molecular weight is 244 g/mol. The van der Waals surface area contributed by atoms with Gasteiger partial charge in [-0.25, -0.2) is 9.59 Å². The Balaban J connectivity index is 3.64. The number of carboxylic acid groups (broad SMARTS) is 1. The van der Waals surface area contributed by atoms with E-state index in [1.165, 1.54) is 0 Å². The van der Waals surface area contributed by atoms with Crippen molar-refractivity contribution in [2.45, 2.75) is 12.8 Å². The highest BCUT2D eigenvalue weighted by Gasteiger charge is 2.03. The molecule has 0 aromatic rings. The van der Waals surface area contributed by atoms with Gasteiger partial charge in [0.15, 0.2) is 0 Å². The lowest BCUT2D eigenvalue weighted by Crippen LogP contribution is -2.39. The molecule has 0 saturated carbocycles. The van der Waals surface area contributed by atoms with Crippen molar-refractivity contribution in [3.8, 4) is 0 Å². The maximum Gasteiger partial charge on any atom is 0.328 e. The fourth-order valence-electron chi connectivity index (χ4n) is 0.918. The van der Waals surface area contributed by atoms with E-state index in [-0.39, 0.29) is 0 Å². The third kappa shape index (κ3) is 10.4. The molecule has 0 saturated heterocycles. The van der Waals surface area contributed by atoms with Crippen molar-refractivity contribution in [3.05, 3.63) is 12.2 Å². The summed E-state index contributed by atoms with van der Waals surface area (Å²) in [6, 6.07) is -0.651. The Hall–Kier alpha value is -1.89. The fraction of sp³-hybridized carbons (Fsp3) is 0.500. The fourth-order valence-corrected chi connectivity index (χ4v) is 0.918. The summed E-state index contributed by atoms with van der Waals surface area (Å²) >= 11 is 0. The van der Waals surface area contributed by atoms with Gasteiger partial charge in [0.2, 0.25) is 0 Å². The second-order valence-electron chi connectivity index (χ2n) is 3.12. The van der Waals surface area contributed by atoms with Gasteiger partial charge < -0.3 is 15.2 Å². The number of methoxy groups -OCH3 is 1. The highest BCUT2D eigenvalue weighted by molar-refractivity contribution is 6.02. The Bertz CT molecular complexity index is 301. The quantitative estimate of drug-likeness (QED) is 0.427. The SMILES string of the molecule is COCCCCNC(=O)NC(=O)C=CC(=O)O. The van der Waals surface area contributed by atoms with Gasteiger partial charge in [0.1, 0.15) is 0 Å². The number of urea groups is 1. The van der Waals surface area contributed by atoms with E-state index < -0.39 is 17.9 Å². The van der Waals surface area contributed by atoms with Gasteiger partial charge in [0.25, 0.3) is 5.91 Å². The zero-order valence-electron chi connectivity index (χ0n) is 9.56. The summed E-state index contributed by atoms with van der Waals surface area (Å²) in [7, 11) is 1.59. The van der Waals surface area contributed by atoms with E-state index in [4.69, 9.17) is 9.84 Å². The normalized spacial score (nSPS) is 10.2. The van der Waals surface area contributed by atoms with Gasteiger partial charge in [-0.3, -0.25) is 10.1 Å². The molecule has 0 aliphatic rings. The van der Waals surface area contributed by atoms with E-state index in [2.05, 4.69) is 5.32 Å². The van der Waals surface area contributed by atoms with Crippen LogP contribution >= 0.6 is 0 Å². The summed E-state index contributed by atoms with van der Waals surface area (Å²) in [6.07, 6.45) is 2.97. The van der Waals surface area contributed by atoms with Gasteiger partial charge in [0, 0.05) is 32.4 Å². The Morgan fingerprint density at radius 1 is 1.24 bits per heavy atom. The third-order valence-electron chi connectivity index (χ3n) is 1.67. The van der Waals surface area contributed by atoms with Crippen LogP contribution in [0.4, 0.5) is 4.79 Å². The molecule has 0 aromatic heterocycles. The molecule has 0 heterocycles. The molecule has 0 rings (SSSR count). The number of carbonyl (C=O) groups is 3. The van der Waals surface area contributed by atoms with Gasteiger partial charge in [0.05, 0.1) is 0 Å². The van der Waals surface area contributed by atoms with Crippen LogP contribution in [0.2, 0.25) is 0 Å². The summed E-state index contributed by atoms with van der Waals surface area (Å²) in [6.45, 7) is 1.04. The topological polar surface area (TPSA) is 105 Å². The van der Waals surface area contributed by atoms with Crippen LogP contribution in [-0.2, 0) is 14.3 Å². The maximum atomic E-state index is 11.1. The molecule has 0 bridgehead atoms. The summed E-state index contributed by atoms with van der Waals surface area (Å²) in [5.41, 5.74) is 0. The van der Waals surface area contributed by atoms with E-state index >= 15 is 0 Å². The van der Waals surface area contributed by atoms with Crippen LogP contribution in [0.5, 0.6) is 0 Å². The average Bonchev–Trinajstić information content (AvgIpc) is 2.26. The molecule has 0 spiro atoms. The van der Waals surface area contributed by atoms with Gasteiger partial charge in [-0.05, 0) is 12.8 Å². The van der Waals surface area contributed by atoms with Gasteiger partial charge in [-0.1, -0.05) is 0 Å². The van der Waals surface area contributed by atoms with E-state index in [9.17, 15) is 14.4 Å². The number of imide groups is 1. The predicted molar refractivity (Wildman–Crippen MR) is 59.4 cm³/mol. The number of carboxylic acids is 1. The van der Waals surface area contributed by atoms with Crippen molar-refractivity contribution in [1.82, 2.24) is 10.6 Å². The molecule has 0 aromatic carbocycles. The van der Waals surface area contributed by atoms with E-state index in [0.717, 1.165) is 18.9 Å². The van der Waals surface area contributed by atoms with Crippen molar-refractivity contribution in [3.63, 3.8) is 0 Å². The number of nitrogens with one attached hydrogen (secondary N) is 2. The second-order valence-corrected chi connectivity index (χ2v) is 3.12. The zero-order chi connectivity index (χ0) is 13.1. The number of aliphatic carboxylic acids is 1. The molecular formula is C10H16N2O5. The molecule has 0 atom stereocenters. The Morgan fingerprint density at radius 3 is 2.53 bits per heavy atom. The zero-order valence-corrected chi connectivity index (χ0v) is 9.56. The Kier molecular flexibility index (Phi) is 8.31. The first-order valence-electron chi connectivity index (χ1n) is 5.05. The molecule has 17 heavy (non-hydrogen) atoms. The first-order valence-corrected chi connectivity index (χ1v) is 5.05. The minimum absolute atomic E-state index is 0.422. The molecule has 7 nitrogen and oxygen atoms in total. The van der Waals surface area contributed by atoms with E-state index in [1.54, 1.807) is 7.11 Å². The monoisotopic (exact) mass is 244 g/mol. The van der Waals surface area contributed by atoms with Gasteiger partial charge in [-0.2, -0.15) is 0 Å². The number of rotatable bonds is 7. The number of amides is 3. The third-order valence-corrected chi connectivity index (χ3v) is 1.67. The minimum Gasteiger partial charge on any atom is -0.478 e. The summed E-state index contributed by atoms with van der Waals surface area (Å²) in [5, 5.41) is 12.6. The van der Waals surface area contributed by atoms with Crippen LogP contribution in [0.3, 0.4) is 0 Å². The standard InChI is InChI=1S/C10H16N2O5/c1-17-7-3-2-6-11-10(16)12-8(13)4-5-9(14)15/h4-5H,2-3,6-7H2,1H3,(H,14,15)(H2,11,12,13,16). The van der Waals surface area contributed by atoms with Crippen LogP contribution in [-0.4, -0.2) is 43.3 Å². The second kappa shape index (κ2) is 9.34. The highest BCUT2D eigenvalue weighted by atomic mass is 16.5. The lowest BCUT2D eigenvalue weighted by molar-refractivity contribution is -0.131. The number of hydrogen-bond acceptors (Lipinski definition) is 4. The molecule has 0 unspecified atom stereocenters. The number of ether oxygens (including phenoxy) is 1. The lowest BCUT2D eigenvalue weighted by atomic mass is 10.3. The number of hydrogen-bond donors (Lipinski definition) is 3. The Morgan fingerprint density at radius 2 is 1.94 bits per heavy atom. The molecule has 7 heteroatoms. The van der Waals surface area contributed by atoms with Gasteiger partial charge >= 0.3 is 12.0 Å². The molecule has 96 valence electrons. The van der Waals surface area contributed by atoms with Crippen molar-refractivity contribution < 1.29 is 24.2 Å².